The average molecular weight is 322 g/mol. The lowest BCUT2D eigenvalue weighted by molar-refractivity contribution is -1.00. The normalized spacial score (nSPS) is 21.3. The number of phenolic OH excluding ortho intramolecular Hbond substituents is 1. The molecule has 0 unspecified atom stereocenters. The first-order chi connectivity index (χ1) is 11.1. The summed E-state index contributed by atoms with van der Waals surface area (Å²) in [4.78, 5) is 14.8. The van der Waals surface area contributed by atoms with Crippen LogP contribution in [0.4, 0.5) is 0 Å². The number of carbonyl (C=O) groups is 1. The zero-order valence-electron chi connectivity index (χ0n) is 13.8. The second kappa shape index (κ2) is 8.50. The Kier molecular flexibility index (Phi) is 6.37. The first-order valence-corrected chi connectivity index (χ1v) is 7.92. The smallest absolute Gasteiger partial charge is 0.245 e. The Balaban J connectivity index is 1.72. The number of nitrogens with one attached hydrogen (secondary N) is 3. The van der Waals surface area contributed by atoms with Crippen LogP contribution >= 0.6 is 0 Å². The zero-order chi connectivity index (χ0) is 16.7. The van der Waals surface area contributed by atoms with Gasteiger partial charge in [0.25, 0.3) is 0 Å². The highest BCUT2D eigenvalue weighted by Gasteiger charge is 2.20. The third-order valence-electron chi connectivity index (χ3n) is 4.12. The molecule has 23 heavy (non-hydrogen) atoms. The van der Waals surface area contributed by atoms with Crippen LogP contribution in [-0.4, -0.2) is 64.1 Å². The van der Waals surface area contributed by atoms with E-state index in [2.05, 4.69) is 17.6 Å². The molecule has 1 heterocycles. The lowest BCUT2D eigenvalue weighted by Crippen LogP contribution is -3.27. The first kappa shape index (κ1) is 17.2. The summed E-state index contributed by atoms with van der Waals surface area (Å²) in [7, 11) is 3.70. The highest BCUT2D eigenvalue weighted by atomic mass is 16.5. The molecule has 0 aromatic heterocycles. The van der Waals surface area contributed by atoms with Crippen molar-refractivity contribution in [3.63, 3.8) is 0 Å². The Morgan fingerprint density at radius 3 is 2.78 bits per heavy atom. The minimum absolute atomic E-state index is 0.0450. The number of hydrazone groups is 1. The Morgan fingerprint density at radius 2 is 2.13 bits per heavy atom. The molecule has 1 saturated heterocycles. The maximum atomic E-state index is 11.8. The highest BCUT2D eigenvalue weighted by Crippen LogP contribution is 2.25. The van der Waals surface area contributed by atoms with Crippen LogP contribution in [0, 0.1) is 0 Å². The molecule has 1 aliphatic heterocycles. The van der Waals surface area contributed by atoms with Crippen LogP contribution in [0.25, 0.3) is 0 Å². The fraction of sp³-hybridized carbons (Fsp3) is 0.500. The third kappa shape index (κ3) is 5.54. The summed E-state index contributed by atoms with van der Waals surface area (Å²) in [6.45, 7) is 5.41. The Bertz CT molecular complexity index is 554. The van der Waals surface area contributed by atoms with Gasteiger partial charge in [0.15, 0.2) is 11.5 Å². The zero-order valence-corrected chi connectivity index (χ0v) is 13.8. The second-order valence-corrected chi connectivity index (χ2v) is 5.93. The van der Waals surface area contributed by atoms with Crippen molar-refractivity contribution in [1.29, 1.82) is 0 Å². The van der Waals surface area contributed by atoms with E-state index >= 15 is 0 Å². The van der Waals surface area contributed by atoms with Crippen molar-refractivity contribution in [2.45, 2.75) is 6.42 Å². The number of piperazine rings is 1. The van der Waals surface area contributed by atoms with Crippen LogP contribution in [0.3, 0.4) is 0 Å². The maximum Gasteiger partial charge on any atom is 0.245 e. The third-order valence-corrected chi connectivity index (χ3v) is 4.12. The molecule has 1 aromatic carbocycles. The number of aromatic hydroxyl groups is 1. The van der Waals surface area contributed by atoms with Gasteiger partial charge >= 0.3 is 0 Å². The van der Waals surface area contributed by atoms with E-state index in [1.54, 1.807) is 17.0 Å². The van der Waals surface area contributed by atoms with Gasteiger partial charge in [0.05, 0.1) is 33.3 Å². The van der Waals surface area contributed by atoms with Crippen LogP contribution < -0.4 is 20.0 Å². The maximum absolute atomic E-state index is 11.8. The van der Waals surface area contributed by atoms with E-state index in [9.17, 15) is 9.90 Å². The molecular weight excluding hydrogens is 296 g/mol. The van der Waals surface area contributed by atoms with Gasteiger partial charge in [-0.3, -0.25) is 4.79 Å². The van der Waals surface area contributed by atoms with Crippen molar-refractivity contribution in [3.8, 4) is 11.5 Å². The second-order valence-electron chi connectivity index (χ2n) is 5.93. The van der Waals surface area contributed by atoms with Crippen LogP contribution in [0.15, 0.2) is 23.3 Å². The number of benzene rings is 1. The minimum Gasteiger partial charge on any atom is -0.504 e. The standard InChI is InChI=1S/C16H24N4O3/c1-19-7-9-20(10-8-19)6-5-16(22)18-17-12-13-3-4-15(23-2)14(21)11-13/h3-4,11-12,21H,5-10H2,1-2H3,(H,18,22)/p+2/b17-12-. The molecular formula is C16H26N4O3+2. The number of hydrogen-bond acceptors (Lipinski definition) is 4. The molecule has 2 rings (SSSR count). The number of quaternary nitrogens is 2. The number of hydrogen-bond donors (Lipinski definition) is 4. The van der Waals surface area contributed by atoms with Crippen molar-refractivity contribution in [3.05, 3.63) is 23.8 Å². The van der Waals surface area contributed by atoms with Gasteiger partial charge in [0, 0.05) is 0 Å². The number of carbonyl (C=O) groups excluding carboxylic acids is 1. The van der Waals surface area contributed by atoms with E-state index in [0.717, 1.165) is 32.7 Å². The predicted molar refractivity (Wildman–Crippen MR) is 87.2 cm³/mol. The summed E-state index contributed by atoms with van der Waals surface area (Å²) >= 11 is 0. The molecule has 1 aliphatic rings. The number of rotatable bonds is 6. The Hall–Kier alpha value is -2.12. The summed E-state index contributed by atoms with van der Waals surface area (Å²) in [6, 6.07) is 4.94. The van der Waals surface area contributed by atoms with E-state index in [0.29, 0.717) is 17.7 Å². The summed E-state index contributed by atoms with van der Waals surface area (Å²) in [5, 5.41) is 13.6. The fourth-order valence-electron chi connectivity index (χ4n) is 2.59. The molecule has 0 spiro atoms. The molecule has 0 saturated carbocycles. The number of amides is 1. The molecule has 126 valence electrons. The topological polar surface area (TPSA) is 79.8 Å². The van der Waals surface area contributed by atoms with E-state index in [4.69, 9.17) is 4.74 Å². The fourth-order valence-corrected chi connectivity index (χ4v) is 2.59. The first-order valence-electron chi connectivity index (χ1n) is 7.92. The van der Waals surface area contributed by atoms with Crippen molar-refractivity contribution >= 4 is 12.1 Å². The summed E-state index contributed by atoms with van der Waals surface area (Å²) in [6.07, 6.45) is 1.97. The van der Waals surface area contributed by atoms with Crippen LogP contribution in [0.2, 0.25) is 0 Å². The van der Waals surface area contributed by atoms with Gasteiger partial charge < -0.3 is 19.6 Å². The molecule has 1 amide bonds. The molecule has 7 nitrogen and oxygen atoms in total. The lowest BCUT2D eigenvalue weighted by atomic mass is 10.2. The average Bonchev–Trinajstić information content (AvgIpc) is 2.54. The molecule has 0 bridgehead atoms. The number of methoxy groups -OCH3 is 1. The number of phenols is 1. The number of nitrogens with zero attached hydrogens (tertiary/aromatic N) is 1. The molecule has 0 aliphatic carbocycles. The van der Waals surface area contributed by atoms with E-state index < -0.39 is 0 Å². The van der Waals surface area contributed by atoms with Gasteiger partial charge in [-0.05, 0) is 23.8 Å². The number of ether oxygens (including phenoxy) is 1. The van der Waals surface area contributed by atoms with Gasteiger partial charge in [0.1, 0.15) is 26.2 Å². The van der Waals surface area contributed by atoms with Crippen molar-refractivity contribution in [2.75, 3.05) is 46.9 Å². The molecule has 1 aromatic rings. The van der Waals surface area contributed by atoms with Crippen molar-refractivity contribution in [2.24, 2.45) is 5.10 Å². The van der Waals surface area contributed by atoms with Crippen LogP contribution in [0.5, 0.6) is 11.5 Å². The van der Waals surface area contributed by atoms with Gasteiger partial charge in [-0.2, -0.15) is 5.10 Å². The Labute approximate surface area is 136 Å². The van der Waals surface area contributed by atoms with Gasteiger partial charge in [-0.1, -0.05) is 0 Å². The SMILES string of the molecule is COc1ccc(/C=N\NC(=O)CC[NH+]2CC[NH+](C)CC2)cc1O. The van der Waals surface area contributed by atoms with Crippen molar-refractivity contribution < 1.29 is 24.4 Å². The van der Waals surface area contributed by atoms with E-state index in [-0.39, 0.29) is 11.7 Å². The van der Waals surface area contributed by atoms with E-state index in [1.807, 2.05) is 0 Å². The van der Waals surface area contributed by atoms with Crippen LogP contribution in [-0.2, 0) is 4.79 Å². The lowest BCUT2D eigenvalue weighted by Gasteiger charge is -2.26. The highest BCUT2D eigenvalue weighted by molar-refractivity contribution is 5.83. The molecule has 1 fully saturated rings. The Morgan fingerprint density at radius 1 is 1.39 bits per heavy atom. The summed E-state index contributed by atoms with van der Waals surface area (Å²) in [5.41, 5.74) is 3.22. The van der Waals surface area contributed by atoms with Gasteiger partial charge in [-0.25, -0.2) is 5.43 Å². The number of likely N-dealkylation sites (N-methyl/N-ethyl adjacent to an activating group) is 1. The van der Waals surface area contributed by atoms with Crippen molar-refractivity contribution in [1.82, 2.24) is 5.43 Å². The molecule has 0 atom stereocenters. The quantitative estimate of drug-likeness (QED) is 0.350. The molecule has 0 radical (unpaired) electrons. The molecule has 4 N–H and O–H groups in total. The largest absolute Gasteiger partial charge is 0.504 e. The van der Waals surface area contributed by atoms with E-state index in [1.165, 1.54) is 24.3 Å². The van der Waals surface area contributed by atoms with Crippen LogP contribution in [0.1, 0.15) is 12.0 Å². The summed E-state index contributed by atoms with van der Waals surface area (Å²) in [5.74, 6) is 0.365. The summed E-state index contributed by atoms with van der Waals surface area (Å²) < 4.78 is 4.97. The monoisotopic (exact) mass is 322 g/mol. The van der Waals surface area contributed by atoms with Gasteiger partial charge in [-0.15, -0.1) is 0 Å². The minimum atomic E-state index is -0.0854. The predicted octanol–water partition coefficient (Wildman–Crippen LogP) is -2.35. The molecule has 7 heteroatoms. The van der Waals surface area contributed by atoms with Gasteiger partial charge in [0.2, 0.25) is 5.91 Å².